The molecule has 5 heteroatoms. The molecule has 0 aliphatic carbocycles. The number of anilines is 1. The maximum atomic E-state index is 12.6. The first kappa shape index (κ1) is 18.1. The Bertz CT molecular complexity index is 1010. The second-order valence-electron chi connectivity index (χ2n) is 6.20. The van der Waals surface area contributed by atoms with E-state index in [0.29, 0.717) is 17.2 Å². The van der Waals surface area contributed by atoms with Crippen molar-refractivity contribution in [2.75, 3.05) is 4.90 Å². The van der Waals surface area contributed by atoms with Crippen molar-refractivity contribution >= 4 is 34.7 Å². The van der Waals surface area contributed by atoms with Crippen LogP contribution in [0.5, 0.6) is 5.75 Å². The minimum atomic E-state index is -0.300. The predicted octanol–water partition coefficient (Wildman–Crippen LogP) is 5.51. The molecular formula is C23H17NO3S. The molecule has 1 heterocycles. The number of carbonyl (C=O) groups is 2. The quantitative estimate of drug-likeness (QED) is 0.542. The molecule has 4 rings (SSSR count). The topological polar surface area (TPSA) is 46.6 Å². The third-order valence-corrected chi connectivity index (χ3v) is 5.10. The van der Waals surface area contributed by atoms with Crippen LogP contribution in [0.1, 0.15) is 11.1 Å². The minimum Gasteiger partial charge on any atom is -0.489 e. The molecule has 3 aromatic rings. The van der Waals surface area contributed by atoms with Gasteiger partial charge in [0.25, 0.3) is 11.1 Å². The van der Waals surface area contributed by atoms with Gasteiger partial charge in [-0.15, -0.1) is 0 Å². The first-order chi connectivity index (χ1) is 13.7. The van der Waals surface area contributed by atoms with E-state index in [1.54, 1.807) is 30.3 Å². The third kappa shape index (κ3) is 4.00. The lowest BCUT2D eigenvalue weighted by atomic mass is 10.2. The number of hydrogen-bond donors (Lipinski definition) is 0. The Hall–Kier alpha value is -3.31. The lowest BCUT2D eigenvalue weighted by molar-refractivity contribution is -0.113. The van der Waals surface area contributed by atoms with Crippen molar-refractivity contribution in [3.05, 3.63) is 101 Å². The molecule has 28 heavy (non-hydrogen) atoms. The molecular weight excluding hydrogens is 370 g/mol. The normalized spacial score (nSPS) is 15.3. The number of rotatable bonds is 5. The van der Waals surface area contributed by atoms with Gasteiger partial charge in [0.05, 0.1) is 10.6 Å². The Morgan fingerprint density at radius 3 is 2.14 bits per heavy atom. The Balaban J connectivity index is 1.45. The molecule has 0 bridgehead atoms. The average Bonchev–Trinajstić information content (AvgIpc) is 3.02. The van der Waals surface area contributed by atoms with Crippen molar-refractivity contribution in [3.63, 3.8) is 0 Å². The van der Waals surface area contributed by atoms with E-state index in [4.69, 9.17) is 4.74 Å². The molecule has 1 fully saturated rings. The van der Waals surface area contributed by atoms with Gasteiger partial charge in [-0.2, -0.15) is 0 Å². The Morgan fingerprint density at radius 1 is 0.821 bits per heavy atom. The summed E-state index contributed by atoms with van der Waals surface area (Å²) in [4.78, 5) is 26.5. The molecule has 1 aliphatic rings. The standard InChI is InChI=1S/C23H17NO3S/c25-22-21(28-23(26)24(22)19-9-5-2-6-10-19)15-17-11-13-20(14-12-17)27-16-18-7-3-1-4-8-18/h1-15H,16H2/b21-15+. The van der Waals surface area contributed by atoms with Crippen LogP contribution in [-0.4, -0.2) is 11.1 Å². The van der Waals surface area contributed by atoms with Gasteiger partial charge in [0.15, 0.2) is 0 Å². The van der Waals surface area contributed by atoms with Gasteiger partial charge in [-0.05, 0) is 53.2 Å². The number of hydrogen-bond acceptors (Lipinski definition) is 4. The van der Waals surface area contributed by atoms with Gasteiger partial charge in [-0.3, -0.25) is 9.59 Å². The van der Waals surface area contributed by atoms with Gasteiger partial charge in [0.2, 0.25) is 0 Å². The number of thioether (sulfide) groups is 1. The zero-order valence-corrected chi connectivity index (χ0v) is 15.8. The summed E-state index contributed by atoms with van der Waals surface area (Å²) in [5.74, 6) is 0.448. The van der Waals surface area contributed by atoms with Crippen LogP contribution in [-0.2, 0) is 11.4 Å². The van der Waals surface area contributed by atoms with Crippen LogP contribution >= 0.6 is 11.8 Å². The van der Waals surface area contributed by atoms with Crippen LogP contribution in [0.25, 0.3) is 6.08 Å². The SMILES string of the molecule is O=C1S/C(=C/c2ccc(OCc3ccccc3)cc2)C(=O)N1c1ccccc1. The fourth-order valence-electron chi connectivity index (χ4n) is 2.82. The van der Waals surface area contributed by atoms with Gasteiger partial charge in [0.1, 0.15) is 12.4 Å². The van der Waals surface area contributed by atoms with Crippen molar-refractivity contribution < 1.29 is 14.3 Å². The molecule has 0 atom stereocenters. The zero-order chi connectivity index (χ0) is 19.3. The number of nitrogens with zero attached hydrogens (tertiary/aromatic N) is 1. The summed E-state index contributed by atoms with van der Waals surface area (Å²) in [6.07, 6.45) is 1.73. The first-order valence-corrected chi connectivity index (χ1v) is 9.62. The van der Waals surface area contributed by atoms with Gasteiger partial charge in [0, 0.05) is 0 Å². The second-order valence-corrected chi connectivity index (χ2v) is 7.19. The Morgan fingerprint density at radius 2 is 1.46 bits per heavy atom. The van der Waals surface area contributed by atoms with Crippen molar-refractivity contribution in [2.45, 2.75) is 6.61 Å². The molecule has 1 aliphatic heterocycles. The molecule has 138 valence electrons. The van der Waals surface area contributed by atoms with E-state index < -0.39 is 0 Å². The average molecular weight is 387 g/mol. The summed E-state index contributed by atoms with van der Waals surface area (Å²) < 4.78 is 5.77. The summed E-state index contributed by atoms with van der Waals surface area (Å²) in [6.45, 7) is 0.496. The molecule has 0 spiro atoms. The van der Waals surface area contributed by atoms with Crippen LogP contribution in [0.3, 0.4) is 0 Å². The molecule has 0 N–H and O–H groups in total. The van der Waals surface area contributed by atoms with Crippen molar-refractivity contribution in [1.29, 1.82) is 0 Å². The summed E-state index contributed by atoms with van der Waals surface area (Å²) in [7, 11) is 0. The number of ether oxygens (including phenoxy) is 1. The van der Waals surface area contributed by atoms with Crippen LogP contribution in [0.15, 0.2) is 89.8 Å². The maximum Gasteiger partial charge on any atom is 0.298 e. The highest BCUT2D eigenvalue weighted by atomic mass is 32.2. The lowest BCUT2D eigenvalue weighted by Gasteiger charge is -2.11. The highest BCUT2D eigenvalue weighted by Gasteiger charge is 2.36. The summed E-state index contributed by atoms with van der Waals surface area (Å²) in [5, 5.41) is -0.287. The molecule has 1 saturated heterocycles. The van der Waals surface area contributed by atoms with E-state index in [9.17, 15) is 9.59 Å². The smallest absolute Gasteiger partial charge is 0.298 e. The second kappa shape index (κ2) is 8.15. The van der Waals surface area contributed by atoms with E-state index in [-0.39, 0.29) is 11.1 Å². The third-order valence-electron chi connectivity index (χ3n) is 4.23. The lowest BCUT2D eigenvalue weighted by Crippen LogP contribution is -2.27. The zero-order valence-electron chi connectivity index (χ0n) is 14.9. The van der Waals surface area contributed by atoms with E-state index in [1.807, 2.05) is 60.7 Å². The van der Waals surface area contributed by atoms with E-state index in [1.165, 1.54) is 4.90 Å². The molecule has 4 nitrogen and oxygen atoms in total. The van der Waals surface area contributed by atoms with Crippen molar-refractivity contribution in [1.82, 2.24) is 0 Å². The van der Waals surface area contributed by atoms with Gasteiger partial charge >= 0.3 is 0 Å². The molecule has 0 unspecified atom stereocenters. The molecule has 0 aromatic heterocycles. The van der Waals surface area contributed by atoms with E-state index in [2.05, 4.69) is 0 Å². The summed E-state index contributed by atoms with van der Waals surface area (Å²) >= 11 is 0.950. The van der Waals surface area contributed by atoms with Gasteiger partial charge in [-0.25, -0.2) is 4.90 Å². The Kier molecular flexibility index (Phi) is 5.26. The van der Waals surface area contributed by atoms with Gasteiger partial charge in [-0.1, -0.05) is 60.7 Å². The fourth-order valence-corrected chi connectivity index (χ4v) is 3.66. The van der Waals surface area contributed by atoms with Gasteiger partial charge < -0.3 is 4.74 Å². The van der Waals surface area contributed by atoms with Crippen molar-refractivity contribution in [2.24, 2.45) is 0 Å². The summed E-state index contributed by atoms with van der Waals surface area (Å²) in [5.41, 5.74) is 2.52. The minimum absolute atomic E-state index is 0.287. The predicted molar refractivity (Wildman–Crippen MR) is 112 cm³/mol. The Labute approximate surface area is 167 Å². The van der Waals surface area contributed by atoms with E-state index >= 15 is 0 Å². The number of carbonyl (C=O) groups excluding carboxylic acids is 2. The first-order valence-electron chi connectivity index (χ1n) is 8.80. The van der Waals surface area contributed by atoms with Crippen LogP contribution in [0.2, 0.25) is 0 Å². The highest BCUT2D eigenvalue weighted by Crippen LogP contribution is 2.35. The van der Waals surface area contributed by atoms with Crippen molar-refractivity contribution in [3.8, 4) is 5.75 Å². The van der Waals surface area contributed by atoms with Crippen LogP contribution in [0, 0.1) is 0 Å². The molecule has 0 radical (unpaired) electrons. The number of benzene rings is 3. The van der Waals surface area contributed by atoms with Crippen LogP contribution < -0.4 is 9.64 Å². The summed E-state index contributed by atoms with van der Waals surface area (Å²) in [6, 6.07) is 26.4. The largest absolute Gasteiger partial charge is 0.489 e. The van der Waals surface area contributed by atoms with E-state index in [0.717, 1.165) is 28.6 Å². The monoisotopic (exact) mass is 387 g/mol. The maximum absolute atomic E-state index is 12.6. The molecule has 0 saturated carbocycles. The fraction of sp³-hybridized carbons (Fsp3) is 0.0435. The number of imide groups is 1. The number of amides is 2. The van der Waals surface area contributed by atoms with Crippen LogP contribution in [0.4, 0.5) is 10.5 Å². The number of para-hydroxylation sites is 1. The molecule has 2 amide bonds. The molecule has 3 aromatic carbocycles. The highest BCUT2D eigenvalue weighted by molar-refractivity contribution is 8.19.